The number of ether oxygens (including phenoxy) is 1. The molecule has 92 valence electrons. The predicted octanol–water partition coefficient (Wildman–Crippen LogP) is 0.252. The van der Waals surface area contributed by atoms with Crippen LogP contribution in [0, 0.1) is 0 Å². The minimum absolute atomic E-state index is 0.0494. The molecular formula is C9H17N3O3S. The van der Waals surface area contributed by atoms with Crippen molar-refractivity contribution in [1.29, 1.82) is 0 Å². The first kappa shape index (κ1) is 13.3. The topological polar surface area (TPSA) is 80.1 Å². The molecule has 0 spiro atoms. The monoisotopic (exact) mass is 247 g/mol. The van der Waals surface area contributed by atoms with Gasteiger partial charge in [0.25, 0.3) is 0 Å². The van der Waals surface area contributed by atoms with E-state index in [9.17, 15) is 9.90 Å². The van der Waals surface area contributed by atoms with Crippen molar-refractivity contribution in [2.24, 2.45) is 0 Å². The van der Waals surface area contributed by atoms with Crippen LogP contribution >= 0.6 is 11.8 Å². The Hall–Kier alpha value is -0.790. The second kappa shape index (κ2) is 6.07. The molecule has 0 bridgehead atoms. The first-order valence-electron chi connectivity index (χ1n) is 5.03. The van der Waals surface area contributed by atoms with E-state index < -0.39 is 6.10 Å². The molecule has 1 aromatic heterocycles. The van der Waals surface area contributed by atoms with Crippen molar-refractivity contribution >= 4 is 11.8 Å². The van der Waals surface area contributed by atoms with Crippen LogP contribution in [-0.4, -0.2) is 45.4 Å². The summed E-state index contributed by atoms with van der Waals surface area (Å²) in [5.74, 6) is 0.449. The number of nitrogens with zero attached hydrogens (tertiary/aromatic N) is 2. The summed E-state index contributed by atoms with van der Waals surface area (Å²) in [5.41, 5.74) is -0.223. The predicted molar refractivity (Wildman–Crippen MR) is 61.8 cm³/mol. The number of methoxy groups -OCH3 is 1. The molecule has 0 aliphatic carbocycles. The van der Waals surface area contributed by atoms with Crippen molar-refractivity contribution < 1.29 is 9.84 Å². The van der Waals surface area contributed by atoms with Gasteiger partial charge >= 0.3 is 5.69 Å². The van der Waals surface area contributed by atoms with E-state index in [2.05, 4.69) is 10.2 Å². The van der Waals surface area contributed by atoms with Crippen molar-refractivity contribution in [1.82, 2.24) is 14.8 Å². The van der Waals surface area contributed by atoms with E-state index in [1.807, 2.05) is 13.8 Å². The van der Waals surface area contributed by atoms with Crippen LogP contribution in [0.2, 0.25) is 0 Å². The Balaban J connectivity index is 2.64. The van der Waals surface area contributed by atoms with Crippen LogP contribution in [0.15, 0.2) is 9.95 Å². The number of aromatic nitrogens is 3. The first-order chi connectivity index (χ1) is 7.56. The van der Waals surface area contributed by atoms with E-state index in [0.717, 1.165) is 0 Å². The third-order valence-corrected chi connectivity index (χ3v) is 3.05. The number of aliphatic hydroxyl groups is 1. The van der Waals surface area contributed by atoms with Gasteiger partial charge in [-0.3, -0.25) is 4.57 Å². The van der Waals surface area contributed by atoms with Crippen molar-refractivity contribution in [3.63, 3.8) is 0 Å². The highest BCUT2D eigenvalue weighted by Gasteiger charge is 2.13. The zero-order valence-electron chi connectivity index (χ0n) is 9.64. The summed E-state index contributed by atoms with van der Waals surface area (Å²) >= 11 is 1.33. The summed E-state index contributed by atoms with van der Waals surface area (Å²) < 4.78 is 6.37. The van der Waals surface area contributed by atoms with Crippen LogP contribution < -0.4 is 5.69 Å². The average Bonchev–Trinajstić information content (AvgIpc) is 2.57. The average molecular weight is 247 g/mol. The maximum absolute atomic E-state index is 11.4. The van der Waals surface area contributed by atoms with E-state index in [-0.39, 0.29) is 18.3 Å². The lowest BCUT2D eigenvalue weighted by molar-refractivity contribution is 0.0793. The number of nitrogens with one attached hydrogen (secondary N) is 1. The minimum Gasteiger partial charge on any atom is -0.390 e. The van der Waals surface area contributed by atoms with Crippen molar-refractivity contribution in [3.8, 4) is 0 Å². The van der Waals surface area contributed by atoms with Crippen LogP contribution in [0.1, 0.15) is 19.9 Å². The second-order valence-electron chi connectivity index (χ2n) is 3.70. The molecule has 0 aromatic carbocycles. The molecule has 0 aliphatic heterocycles. The van der Waals surface area contributed by atoms with Gasteiger partial charge in [0.1, 0.15) is 0 Å². The van der Waals surface area contributed by atoms with Crippen molar-refractivity contribution in [2.45, 2.75) is 31.1 Å². The Morgan fingerprint density at radius 1 is 1.62 bits per heavy atom. The smallest absolute Gasteiger partial charge is 0.344 e. The number of H-pyrrole nitrogens is 1. The highest BCUT2D eigenvalue weighted by molar-refractivity contribution is 7.99. The van der Waals surface area contributed by atoms with Crippen LogP contribution in [0.25, 0.3) is 0 Å². The van der Waals surface area contributed by atoms with E-state index >= 15 is 0 Å². The van der Waals surface area contributed by atoms with Crippen molar-refractivity contribution in [3.05, 3.63) is 10.5 Å². The molecule has 1 unspecified atom stereocenters. The SMILES string of the molecule is COCC(O)CSc1n[nH]c(=O)n1C(C)C. The lowest BCUT2D eigenvalue weighted by Crippen LogP contribution is -2.21. The summed E-state index contributed by atoms with van der Waals surface area (Å²) in [5, 5.41) is 16.4. The van der Waals surface area contributed by atoms with E-state index in [1.54, 1.807) is 4.57 Å². The van der Waals surface area contributed by atoms with Crippen LogP contribution in [0.3, 0.4) is 0 Å². The van der Waals surface area contributed by atoms with E-state index in [1.165, 1.54) is 18.9 Å². The van der Waals surface area contributed by atoms with Crippen LogP contribution in [0.5, 0.6) is 0 Å². The third-order valence-electron chi connectivity index (χ3n) is 1.95. The largest absolute Gasteiger partial charge is 0.390 e. The Labute approximate surface area is 98.0 Å². The van der Waals surface area contributed by atoms with Gasteiger partial charge in [-0.1, -0.05) is 11.8 Å². The van der Waals surface area contributed by atoms with Gasteiger partial charge in [-0.2, -0.15) is 0 Å². The molecule has 0 fully saturated rings. The molecule has 7 heteroatoms. The molecule has 0 radical (unpaired) electrons. The minimum atomic E-state index is -0.553. The maximum Gasteiger partial charge on any atom is 0.344 e. The number of rotatable bonds is 6. The van der Waals surface area contributed by atoms with Gasteiger partial charge in [0, 0.05) is 18.9 Å². The summed E-state index contributed by atoms with van der Waals surface area (Å²) in [6.07, 6.45) is -0.553. The lowest BCUT2D eigenvalue weighted by Gasteiger charge is -2.10. The highest BCUT2D eigenvalue weighted by Crippen LogP contribution is 2.17. The van der Waals surface area contributed by atoms with Crippen LogP contribution in [-0.2, 0) is 4.74 Å². The van der Waals surface area contributed by atoms with Gasteiger partial charge < -0.3 is 9.84 Å². The molecule has 1 heterocycles. The van der Waals surface area contributed by atoms with Crippen LogP contribution in [0.4, 0.5) is 0 Å². The number of aromatic amines is 1. The number of hydrogen-bond acceptors (Lipinski definition) is 5. The maximum atomic E-state index is 11.4. The quantitative estimate of drug-likeness (QED) is 0.704. The molecular weight excluding hydrogens is 230 g/mol. The number of hydrogen-bond donors (Lipinski definition) is 2. The van der Waals surface area contributed by atoms with Gasteiger partial charge in [-0.25, -0.2) is 9.89 Å². The number of aliphatic hydroxyl groups excluding tert-OH is 1. The molecule has 1 atom stereocenters. The fourth-order valence-corrected chi connectivity index (χ4v) is 2.24. The zero-order valence-corrected chi connectivity index (χ0v) is 10.5. The zero-order chi connectivity index (χ0) is 12.1. The third kappa shape index (κ3) is 3.36. The molecule has 2 N–H and O–H groups in total. The molecule has 0 saturated heterocycles. The molecule has 1 aromatic rings. The summed E-state index contributed by atoms with van der Waals surface area (Å²) in [4.78, 5) is 11.4. The Morgan fingerprint density at radius 3 is 2.88 bits per heavy atom. The molecule has 0 saturated carbocycles. The van der Waals surface area contributed by atoms with Gasteiger partial charge in [-0.05, 0) is 13.8 Å². The standard InChI is InChI=1S/C9H17N3O3S/c1-6(2)12-8(14)10-11-9(12)16-5-7(13)4-15-3/h6-7,13H,4-5H2,1-3H3,(H,10,14). The highest BCUT2D eigenvalue weighted by atomic mass is 32.2. The van der Waals surface area contributed by atoms with Crippen molar-refractivity contribution in [2.75, 3.05) is 19.5 Å². The van der Waals surface area contributed by atoms with E-state index in [4.69, 9.17) is 4.74 Å². The van der Waals surface area contributed by atoms with Gasteiger partial charge in [-0.15, -0.1) is 5.10 Å². The Bertz CT molecular complexity index is 374. The Kier molecular flexibility index (Phi) is 5.04. The molecule has 0 amide bonds. The molecule has 16 heavy (non-hydrogen) atoms. The van der Waals surface area contributed by atoms with Gasteiger partial charge in [0.05, 0.1) is 12.7 Å². The van der Waals surface area contributed by atoms with Gasteiger partial charge in [0.2, 0.25) is 0 Å². The number of thioether (sulfide) groups is 1. The van der Waals surface area contributed by atoms with Gasteiger partial charge in [0.15, 0.2) is 5.16 Å². The fourth-order valence-electron chi connectivity index (χ4n) is 1.26. The fraction of sp³-hybridized carbons (Fsp3) is 0.778. The molecule has 0 aliphatic rings. The first-order valence-corrected chi connectivity index (χ1v) is 6.01. The normalized spacial score (nSPS) is 13.3. The molecule has 6 nitrogen and oxygen atoms in total. The summed E-state index contributed by atoms with van der Waals surface area (Å²) in [6.45, 7) is 4.10. The lowest BCUT2D eigenvalue weighted by atomic mass is 10.4. The second-order valence-corrected chi connectivity index (χ2v) is 4.68. The molecule has 1 rings (SSSR count). The van der Waals surface area contributed by atoms with E-state index in [0.29, 0.717) is 10.9 Å². The summed E-state index contributed by atoms with van der Waals surface area (Å²) in [7, 11) is 1.53. The Morgan fingerprint density at radius 2 is 2.31 bits per heavy atom. The summed E-state index contributed by atoms with van der Waals surface area (Å²) in [6, 6.07) is 0.0494.